The maximum Gasteiger partial charge on any atom is 0.240 e. The number of rotatable bonds is 3. The van der Waals surface area contributed by atoms with E-state index in [1.807, 2.05) is 10.7 Å². The highest BCUT2D eigenvalue weighted by atomic mass is 16.5. The van der Waals surface area contributed by atoms with Crippen LogP contribution in [0.1, 0.15) is 24.0 Å². The number of hydrogen-bond acceptors (Lipinski definition) is 5. The maximum absolute atomic E-state index is 6.17. The number of hydrogen-bond donors (Lipinski definition) is 2. The van der Waals surface area contributed by atoms with Crippen molar-refractivity contribution in [1.82, 2.24) is 30.1 Å². The summed E-state index contributed by atoms with van der Waals surface area (Å²) in [7, 11) is 0. The molecule has 1 aliphatic rings. The second-order valence-electron chi connectivity index (χ2n) is 7.25. The third kappa shape index (κ3) is 2.84. The molecule has 7 heteroatoms. The normalized spacial score (nSPS) is 15.6. The highest BCUT2D eigenvalue weighted by Crippen LogP contribution is 2.33. The molecule has 0 unspecified atom stereocenters. The van der Waals surface area contributed by atoms with E-state index in [1.54, 1.807) is 6.33 Å². The number of nitrogens with zero attached hydrogens (tertiary/aromatic N) is 4. The number of pyridine rings is 1. The summed E-state index contributed by atoms with van der Waals surface area (Å²) in [5.74, 6) is 0.703. The Kier molecular flexibility index (Phi) is 3.82. The number of nitrogens with one attached hydrogen (secondary N) is 2. The summed E-state index contributed by atoms with van der Waals surface area (Å²) in [6.07, 6.45) is 5.87. The topological polar surface area (TPSA) is 80.1 Å². The highest BCUT2D eigenvalue weighted by Gasteiger charge is 2.18. The molecule has 0 spiro atoms. The van der Waals surface area contributed by atoms with Crippen LogP contribution in [-0.4, -0.2) is 44.0 Å². The Balaban J connectivity index is 1.54. The lowest BCUT2D eigenvalue weighted by atomic mass is 9.99. The monoisotopic (exact) mass is 362 g/mol. The minimum atomic E-state index is 0.232. The van der Waals surface area contributed by atoms with Crippen LogP contribution in [0.5, 0.6) is 5.88 Å². The largest absolute Gasteiger partial charge is 0.473 e. The lowest BCUT2D eigenvalue weighted by Crippen LogP contribution is -2.34. The van der Waals surface area contributed by atoms with Crippen LogP contribution in [-0.2, 0) is 0 Å². The number of fused-ring (bicyclic) bond motifs is 2. The van der Waals surface area contributed by atoms with Crippen LogP contribution in [0.25, 0.3) is 27.7 Å². The van der Waals surface area contributed by atoms with Crippen molar-refractivity contribution in [3.63, 3.8) is 0 Å². The number of benzene rings is 1. The van der Waals surface area contributed by atoms with E-state index in [-0.39, 0.29) is 6.10 Å². The van der Waals surface area contributed by atoms with Crippen LogP contribution < -0.4 is 10.1 Å². The molecule has 1 fully saturated rings. The third-order valence-electron chi connectivity index (χ3n) is 5.31. The molecule has 138 valence electrons. The van der Waals surface area contributed by atoms with Gasteiger partial charge in [-0.05, 0) is 74.7 Å². The van der Waals surface area contributed by atoms with E-state index in [1.165, 1.54) is 5.56 Å². The van der Waals surface area contributed by atoms with E-state index in [9.17, 15) is 0 Å². The molecule has 3 aromatic heterocycles. The van der Waals surface area contributed by atoms with Gasteiger partial charge in [-0.1, -0.05) is 0 Å². The van der Waals surface area contributed by atoms with Crippen LogP contribution in [0.15, 0.2) is 30.7 Å². The van der Waals surface area contributed by atoms with Crippen molar-refractivity contribution in [2.45, 2.75) is 32.8 Å². The van der Waals surface area contributed by atoms with Crippen molar-refractivity contribution >= 4 is 16.6 Å². The first kappa shape index (κ1) is 16.3. The summed E-state index contributed by atoms with van der Waals surface area (Å²) >= 11 is 0. The molecule has 0 aliphatic carbocycles. The van der Waals surface area contributed by atoms with Crippen LogP contribution in [0.2, 0.25) is 0 Å². The first-order valence-electron chi connectivity index (χ1n) is 9.35. The fourth-order valence-corrected chi connectivity index (χ4v) is 3.86. The van der Waals surface area contributed by atoms with Gasteiger partial charge in [-0.2, -0.15) is 5.10 Å². The number of ether oxygens (including phenoxy) is 1. The van der Waals surface area contributed by atoms with Crippen molar-refractivity contribution in [2.75, 3.05) is 13.1 Å². The van der Waals surface area contributed by atoms with Crippen LogP contribution in [0.4, 0.5) is 0 Å². The number of H-pyrrole nitrogens is 1. The molecular formula is C20H22N6O. The van der Waals surface area contributed by atoms with Gasteiger partial charge in [0.2, 0.25) is 5.88 Å². The van der Waals surface area contributed by atoms with Crippen LogP contribution >= 0.6 is 0 Å². The number of piperidine rings is 1. The van der Waals surface area contributed by atoms with Crippen molar-refractivity contribution < 1.29 is 4.74 Å². The third-order valence-corrected chi connectivity index (χ3v) is 5.31. The van der Waals surface area contributed by atoms with Gasteiger partial charge in [-0.15, -0.1) is 5.10 Å². The molecule has 1 saturated heterocycles. The minimum Gasteiger partial charge on any atom is -0.473 e. The smallest absolute Gasteiger partial charge is 0.240 e. The lowest BCUT2D eigenvalue weighted by Gasteiger charge is -2.22. The predicted molar refractivity (Wildman–Crippen MR) is 104 cm³/mol. The van der Waals surface area contributed by atoms with Gasteiger partial charge in [0.1, 0.15) is 12.4 Å². The van der Waals surface area contributed by atoms with Crippen molar-refractivity contribution in [1.29, 1.82) is 0 Å². The first-order chi connectivity index (χ1) is 13.2. The molecule has 0 bridgehead atoms. The summed E-state index contributed by atoms with van der Waals surface area (Å²) in [4.78, 5) is 4.30. The zero-order valence-electron chi connectivity index (χ0n) is 15.5. The van der Waals surface area contributed by atoms with Crippen molar-refractivity contribution in [2.24, 2.45) is 0 Å². The predicted octanol–water partition coefficient (Wildman–Crippen LogP) is 3.02. The molecule has 4 heterocycles. The van der Waals surface area contributed by atoms with Crippen molar-refractivity contribution in [3.05, 3.63) is 41.9 Å². The summed E-state index contributed by atoms with van der Waals surface area (Å²) in [5, 5.41) is 16.3. The molecule has 0 amide bonds. The van der Waals surface area contributed by atoms with Gasteiger partial charge < -0.3 is 10.1 Å². The Hall–Kier alpha value is -2.93. The summed E-state index contributed by atoms with van der Waals surface area (Å²) in [6.45, 7) is 6.18. The number of aryl methyl sites for hydroxylation is 2. The van der Waals surface area contributed by atoms with E-state index in [4.69, 9.17) is 4.74 Å². The number of aromatic amines is 1. The van der Waals surface area contributed by atoms with Gasteiger partial charge in [-0.3, -0.25) is 5.10 Å². The molecule has 27 heavy (non-hydrogen) atoms. The Labute approximate surface area is 156 Å². The molecule has 1 aliphatic heterocycles. The van der Waals surface area contributed by atoms with Crippen LogP contribution in [0, 0.1) is 13.8 Å². The van der Waals surface area contributed by atoms with Gasteiger partial charge in [0.05, 0.1) is 10.9 Å². The first-order valence-corrected chi connectivity index (χ1v) is 9.35. The molecule has 4 aromatic rings. The molecule has 0 atom stereocenters. The van der Waals surface area contributed by atoms with Gasteiger partial charge in [-0.25, -0.2) is 9.50 Å². The van der Waals surface area contributed by atoms with Crippen molar-refractivity contribution in [3.8, 4) is 17.0 Å². The Morgan fingerprint density at radius 1 is 1.11 bits per heavy atom. The SMILES string of the molecule is Cc1cc2c(OC3CCNCC3)n[nH]c2cc1-c1cc(C)c2ncnn2c1. The minimum absolute atomic E-state index is 0.232. The van der Waals surface area contributed by atoms with E-state index in [2.05, 4.69) is 57.6 Å². The molecule has 2 N–H and O–H groups in total. The Bertz CT molecular complexity index is 1120. The quantitative estimate of drug-likeness (QED) is 0.586. The second kappa shape index (κ2) is 6.35. The lowest BCUT2D eigenvalue weighted by molar-refractivity contribution is 0.158. The van der Waals surface area contributed by atoms with Crippen LogP contribution in [0.3, 0.4) is 0 Å². The summed E-state index contributed by atoms with van der Waals surface area (Å²) in [6, 6.07) is 6.46. The fraction of sp³-hybridized carbons (Fsp3) is 0.350. The average Bonchev–Trinajstić information content (AvgIpc) is 3.29. The van der Waals surface area contributed by atoms with Gasteiger partial charge >= 0.3 is 0 Å². The summed E-state index contributed by atoms with van der Waals surface area (Å²) < 4.78 is 8.00. The fourth-order valence-electron chi connectivity index (χ4n) is 3.86. The second-order valence-corrected chi connectivity index (χ2v) is 7.25. The number of aromatic nitrogens is 5. The van der Waals surface area contributed by atoms with E-state index < -0.39 is 0 Å². The zero-order chi connectivity index (χ0) is 18.4. The van der Waals surface area contributed by atoms with E-state index >= 15 is 0 Å². The Morgan fingerprint density at radius 3 is 2.81 bits per heavy atom. The zero-order valence-corrected chi connectivity index (χ0v) is 15.5. The maximum atomic E-state index is 6.17. The van der Waals surface area contributed by atoms with Gasteiger partial charge in [0, 0.05) is 11.8 Å². The molecule has 5 rings (SSSR count). The van der Waals surface area contributed by atoms with Gasteiger partial charge in [0.25, 0.3) is 0 Å². The standard InChI is InChI=1S/C20H22N6O/c1-12-8-17-18(24-25-20(17)27-15-3-5-21-6-4-15)9-16(12)14-7-13(2)19-22-11-23-26(19)10-14/h7-11,15,21H,3-6H2,1-2H3,(H,24,25). The van der Waals surface area contributed by atoms with Gasteiger partial charge in [0.15, 0.2) is 5.65 Å². The molecule has 1 aromatic carbocycles. The molecular weight excluding hydrogens is 340 g/mol. The van der Waals surface area contributed by atoms with E-state index in [0.29, 0.717) is 5.88 Å². The average molecular weight is 362 g/mol. The summed E-state index contributed by atoms with van der Waals surface area (Å²) in [5.41, 5.74) is 6.41. The van der Waals surface area contributed by atoms with E-state index in [0.717, 1.165) is 59.2 Å². The molecule has 7 nitrogen and oxygen atoms in total. The molecule has 0 radical (unpaired) electrons. The molecule has 0 saturated carbocycles. The highest BCUT2D eigenvalue weighted by molar-refractivity contribution is 5.90. The Morgan fingerprint density at radius 2 is 1.96 bits per heavy atom.